The van der Waals surface area contributed by atoms with Gasteiger partial charge in [0.2, 0.25) is 10.0 Å². The number of benzene rings is 1. The number of hydrogen-bond acceptors (Lipinski definition) is 3. The van der Waals surface area contributed by atoms with E-state index >= 15 is 0 Å². The minimum atomic E-state index is -3.41. The molecule has 18 heavy (non-hydrogen) atoms. The number of halogens is 1. The summed E-state index contributed by atoms with van der Waals surface area (Å²) >= 11 is 5.44. The van der Waals surface area contributed by atoms with E-state index in [0.29, 0.717) is 24.0 Å². The Morgan fingerprint density at radius 3 is 2.61 bits per heavy atom. The van der Waals surface area contributed by atoms with E-state index in [2.05, 4.69) is 4.72 Å². The summed E-state index contributed by atoms with van der Waals surface area (Å²) in [6, 6.07) is 6.96. The molecule has 0 amide bonds. The van der Waals surface area contributed by atoms with Gasteiger partial charge in [0.05, 0.1) is 18.0 Å². The highest BCUT2D eigenvalue weighted by molar-refractivity contribution is 7.92. The zero-order chi connectivity index (χ0) is 13.6. The number of sulfonamides is 1. The fourth-order valence-electron chi connectivity index (χ4n) is 1.25. The summed E-state index contributed by atoms with van der Waals surface area (Å²) in [5.41, 5.74) is 0.447. The standard InChI is InChI=1S/C12H18ClNO3S/c1-10(2)9-17-12-6-4-3-5-11(12)14-18(15,16)8-7-13/h3-6,10,14H,7-9H2,1-2H3. The van der Waals surface area contributed by atoms with Crippen LogP contribution >= 0.6 is 11.6 Å². The van der Waals surface area contributed by atoms with Gasteiger partial charge < -0.3 is 4.74 Å². The Morgan fingerprint density at radius 1 is 1.33 bits per heavy atom. The molecule has 0 saturated carbocycles. The van der Waals surface area contributed by atoms with Gasteiger partial charge in [-0.05, 0) is 18.1 Å². The molecule has 0 saturated heterocycles. The molecule has 102 valence electrons. The van der Waals surface area contributed by atoms with Crippen LogP contribution in [0, 0.1) is 5.92 Å². The maximum atomic E-state index is 11.6. The first kappa shape index (κ1) is 15.1. The molecule has 0 aromatic heterocycles. The van der Waals surface area contributed by atoms with E-state index in [1.165, 1.54) is 0 Å². The van der Waals surface area contributed by atoms with Gasteiger partial charge in [0.1, 0.15) is 5.75 Å². The van der Waals surface area contributed by atoms with E-state index in [0.717, 1.165) is 0 Å². The Balaban J connectivity index is 2.82. The molecule has 0 aliphatic rings. The van der Waals surface area contributed by atoms with Crippen LogP contribution in [0.5, 0.6) is 5.75 Å². The fraction of sp³-hybridized carbons (Fsp3) is 0.500. The van der Waals surface area contributed by atoms with Crippen molar-refractivity contribution in [3.8, 4) is 5.75 Å². The predicted octanol–water partition coefficient (Wildman–Crippen LogP) is 2.70. The van der Waals surface area contributed by atoms with Gasteiger partial charge >= 0.3 is 0 Å². The summed E-state index contributed by atoms with van der Waals surface area (Å²) in [4.78, 5) is 0. The number of alkyl halides is 1. The molecule has 4 nitrogen and oxygen atoms in total. The molecule has 0 fully saturated rings. The first-order valence-electron chi connectivity index (χ1n) is 5.73. The topological polar surface area (TPSA) is 55.4 Å². The molecule has 6 heteroatoms. The molecule has 0 heterocycles. The summed E-state index contributed by atoms with van der Waals surface area (Å²) in [6.07, 6.45) is 0. The number of rotatable bonds is 7. The van der Waals surface area contributed by atoms with Crippen LogP contribution < -0.4 is 9.46 Å². The van der Waals surface area contributed by atoms with Crippen molar-refractivity contribution in [3.05, 3.63) is 24.3 Å². The van der Waals surface area contributed by atoms with Crippen LogP contribution in [-0.2, 0) is 10.0 Å². The van der Waals surface area contributed by atoms with Crippen molar-refractivity contribution in [2.75, 3.05) is 23.0 Å². The molecule has 0 aliphatic heterocycles. The van der Waals surface area contributed by atoms with E-state index in [9.17, 15) is 8.42 Å². The molecule has 0 radical (unpaired) electrons. The van der Waals surface area contributed by atoms with E-state index in [4.69, 9.17) is 16.3 Å². The smallest absolute Gasteiger partial charge is 0.234 e. The van der Waals surface area contributed by atoms with Crippen LogP contribution in [0.3, 0.4) is 0 Å². The molecule has 1 rings (SSSR count). The second-order valence-corrected chi connectivity index (χ2v) is 6.53. The van der Waals surface area contributed by atoms with Gasteiger partial charge in [-0.25, -0.2) is 8.42 Å². The van der Waals surface area contributed by atoms with Crippen LogP contribution in [0.4, 0.5) is 5.69 Å². The highest BCUT2D eigenvalue weighted by Crippen LogP contribution is 2.25. The Labute approximate surface area is 113 Å². The lowest BCUT2D eigenvalue weighted by Crippen LogP contribution is -2.18. The van der Waals surface area contributed by atoms with Crippen LogP contribution in [0.1, 0.15) is 13.8 Å². The predicted molar refractivity (Wildman–Crippen MR) is 74.9 cm³/mol. The van der Waals surface area contributed by atoms with Crippen LogP contribution in [0.25, 0.3) is 0 Å². The first-order valence-corrected chi connectivity index (χ1v) is 7.91. The number of anilines is 1. The first-order chi connectivity index (χ1) is 8.44. The lowest BCUT2D eigenvalue weighted by molar-refractivity contribution is 0.272. The Bertz CT molecular complexity index is 474. The number of ether oxygens (including phenoxy) is 1. The Hall–Kier alpha value is -0.940. The van der Waals surface area contributed by atoms with Gasteiger partial charge in [0.25, 0.3) is 0 Å². The average molecular weight is 292 g/mol. The van der Waals surface area contributed by atoms with Crippen molar-refractivity contribution in [2.45, 2.75) is 13.8 Å². The highest BCUT2D eigenvalue weighted by Gasteiger charge is 2.12. The second-order valence-electron chi connectivity index (χ2n) is 4.31. The van der Waals surface area contributed by atoms with Gasteiger partial charge in [0, 0.05) is 5.88 Å². The summed E-state index contributed by atoms with van der Waals surface area (Å²) in [7, 11) is -3.41. The molecule has 0 unspecified atom stereocenters. The van der Waals surface area contributed by atoms with E-state index in [1.807, 2.05) is 13.8 Å². The van der Waals surface area contributed by atoms with Gasteiger partial charge in [0.15, 0.2) is 0 Å². The quantitative estimate of drug-likeness (QED) is 0.786. The zero-order valence-corrected chi connectivity index (χ0v) is 12.1. The molecule has 1 N–H and O–H groups in total. The average Bonchev–Trinajstić information content (AvgIpc) is 2.27. The van der Waals surface area contributed by atoms with Crippen molar-refractivity contribution in [1.29, 1.82) is 0 Å². The summed E-state index contributed by atoms with van der Waals surface area (Å²) in [5.74, 6) is 0.846. The molecule has 0 bridgehead atoms. The maximum Gasteiger partial charge on any atom is 0.234 e. The largest absolute Gasteiger partial charge is 0.491 e. The van der Waals surface area contributed by atoms with Gasteiger partial charge in [-0.1, -0.05) is 26.0 Å². The second kappa shape index (κ2) is 6.85. The Kier molecular flexibility index (Phi) is 5.75. The maximum absolute atomic E-state index is 11.6. The van der Waals surface area contributed by atoms with Gasteiger partial charge in [-0.2, -0.15) is 0 Å². The van der Waals surface area contributed by atoms with Crippen LogP contribution in [0.15, 0.2) is 24.3 Å². The summed E-state index contributed by atoms with van der Waals surface area (Å²) < 4.78 is 31.3. The lowest BCUT2D eigenvalue weighted by atomic mass is 10.2. The van der Waals surface area contributed by atoms with Gasteiger partial charge in [-0.15, -0.1) is 11.6 Å². The van der Waals surface area contributed by atoms with Crippen molar-refractivity contribution >= 4 is 27.3 Å². The van der Waals surface area contributed by atoms with Crippen molar-refractivity contribution in [2.24, 2.45) is 5.92 Å². The monoisotopic (exact) mass is 291 g/mol. The van der Waals surface area contributed by atoms with E-state index in [1.54, 1.807) is 24.3 Å². The summed E-state index contributed by atoms with van der Waals surface area (Å²) in [5, 5.41) is 0. The third-order valence-electron chi connectivity index (χ3n) is 2.07. The van der Waals surface area contributed by atoms with E-state index in [-0.39, 0.29) is 11.6 Å². The normalized spacial score (nSPS) is 11.6. The lowest BCUT2D eigenvalue weighted by Gasteiger charge is -2.14. The van der Waals surface area contributed by atoms with Crippen molar-refractivity contribution < 1.29 is 13.2 Å². The van der Waals surface area contributed by atoms with E-state index < -0.39 is 10.0 Å². The van der Waals surface area contributed by atoms with Crippen LogP contribution in [0.2, 0.25) is 0 Å². The SMILES string of the molecule is CC(C)COc1ccccc1NS(=O)(=O)CCCl. The minimum absolute atomic E-state index is 0.0599. The number of para-hydroxylation sites is 2. The van der Waals surface area contributed by atoms with Crippen molar-refractivity contribution in [1.82, 2.24) is 0 Å². The number of nitrogens with one attached hydrogen (secondary N) is 1. The molecular formula is C12H18ClNO3S. The third kappa shape index (κ3) is 5.14. The zero-order valence-electron chi connectivity index (χ0n) is 10.5. The molecule has 0 atom stereocenters. The molecule has 1 aromatic carbocycles. The number of hydrogen-bond donors (Lipinski definition) is 1. The third-order valence-corrected chi connectivity index (χ3v) is 3.76. The fourth-order valence-corrected chi connectivity index (χ4v) is 2.67. The van der Waals surface area contributed by atoms with Crippen LogP contribution in [-0.4, -0.2) is 26.7 Å². The Morgan fingerprint density at radius 2 is 2.00 bits per heavy atom. The molecule has 0 spiro atoms. The summed E-state index contributed by atoms with van der Waals surface area (Å²) in [6.45, 7) is 4.59. The minimum Gasteiger partial charge on any atom is -0.491 e. The molecule has 1 aromatic rings. The van der Waals surface area contributed by atoms with Crippen molar-refractivity contribution in [3.63, 3.8) is 0 Å². The molecular weight excluding hydrogens is 274 g/mol. The van der Waals surface area contributed by atoms with Gasteiger partial charge in [-0.3, -0.25) is 4.72 Å². The molecule has 0 aliphatic carbocycles. The highest BCUT2D eigenvalue weighted by atomic mass is 35.5.